The van der Waals surface area contributed by atoms with Crippen LogP contribution in [0, 0.1) is 18.8 Å². The molecule has 2 aliphatic heterocycles. The van der Waals surface area contributed by atoms with E-state index in [1.807, 2.05) is 36.8 Å². The predicted octanol–water partition coefficient (Wildman–Crippen LogP) is 11.0. The molecule has 9 rings (SSSR count). The fraction of sp³-hybridized carbons (Fsp3) is 0.163. The first-order chi connectivity index (χ1) is 27.0. The third-order valence-electron chi connectivity index (χ3n) is 10.2. The van der Waals surface area contributed by atoms with Crippen molar-refractivity contribution in [2.24, 2.45) is 0 Å². The molecule has 0 saturated heterocycles. The zero-order valence-corrected chi connectivity index (χ0v) is 36.7. The minimum atomic E-state index is -0.0309. The number of benzene rings is 5. The number of nitrogens with zero attached hydrogens (tertiary/aromatic N) is 5. The molecular formula is C49H42N5OPtSe-3. The van der Waals surface area contributed by atoms with Gasteiger partial charge in [-0.15, -0.1) is 0 Å². The summed E-state index contributed by atoms with van der Waals surface area (Å²) in [4.78, 5) is 16.0. The molecule has 5 aromatic carbocycles. The fourth-order valence-electron chi connectivity index (χ4n) is 7.11. The van der Waals surface area contributed by atoms with E-state index in [0.29, 0.717) is 11.5 Å². The number of ether oxygens (including phenoxy) is 1. The molecule has 57 heavy (non-hydrogen) atoms. The summed E-state index contributed by atoms with van der Waals surface area (Å²) < 4.78 is 9.05. The Balaban J connectivity index is 0.00000455. The van der Waals surface area contributed by atoms with Crippen LogP contribution in [0.3, 0.4) is 0 Å². The molecule has 4 heterocycles. The Labute approximate surface area is 357 Å². The van der Waals surface area contributed by atoms with Crippen LogP contribution < -0.4 is 28.4 Å². The minimum Gasteiger partial charge on any atom is -0.0371 e. The second-order valence-electron chi connectivity index (χ2n) is 16.2. The molecule has 0 radical (unpaired) electrons. The zero-order chi connectivity index (χ0) is 38.6. The number of pyridine rings is 2. The smallest absolute Gasteiger partial charge is 0 e. The van der Waals surface area contributed by atoms with Gasteiger partial charge in [-0.3, -0.25) is 0 Å². The van der Waals surface area contributed by atoms with Crippen LogP contribution in [0.4, 0.5) is 39.9 Å². The molecule has 0 aliphatic carbocycles. The summed E-state index contributed by atoms with van der Waals surface area (Å²) in [7, 11) is 0. The van der Waals surface area contributed by atoms with Crippen molar-refractivity contribution < 1.29 is 25.8 Å². The van der Waals surface area contributed by atoms with Crippen molar-refractivity contribution in [1.29, 1.82) is 0 Å². The average Bonchev–Trinajstić information content (AvgIpc) is 3.60. The molecule has 0 N–H and O–H groups in total. The molecule has 0 unspecified atom stereocenters. The molecule has 8 heteroatoms. The Hall–Kier alpha value is -5.19. The van der Waals surface area contributed by atoms with Gasteiger partial charge in [0, 0.05) is 21.1 Å². The molecule has 0 saturated carbocycles. The van der Waals surface area contributed by atoms with Gasteiger partial charge in [0.25, 0.3) is 0 Å². The Morgan fingerprint density at radius 1 is 0.614 bits per heavy atom. The van der Waals surface area contributed by atoms with E-state index < -0.39 is 0 Å². The van der Waals surface area contributed by atoms with Crippen LogP contribution in [-0.4, -0.2) is 24.9 Å². The Morgan fingerprint density at radius 3 is 2.12 bits per heavy atom. The quantitative estimate of drug-likeness (QED) is 0.122. The summed E-state index contributed by atoms with van der Waals surface area (Å²) in [5.74, 6) is 2.05. The maximum Gasteiger partial charge on any atom is 0 e. The first kappa shape index (κ1) is 38.7. The van der Waals surface area contributed by atoms with Crippen molar-refractivity contribution in [1.82, 2.24) is 9.97 Å². The summed E-state index contributed by atoms with van der Waals surface area (Å²) >= 11 is 0.0753. The number of fused-ring (bicyclic) bond motifs is 3. The number of para-hydroxylation sites is 2. The molecule has 7 aromatic rings. The molecule has 0 fully saturated rings. The first-order valence-electron chi connectivity index (χ1n) is 18.9. The van der Waals surface area contributed by atoms with Crippen LogP contribution in [0.15, 0.2) is 140 Å². The SMILES string of the molecule is CC(C)(C)c1cc(-c2ccccc2)cc(N2[CH-]N(c3[c-]c(Oc4[c-]c5c(cc4)[Se]c4ccncc4N5c4cc(C(C)(C)C)ccn4)ccc3)c3ccccc32)c1.[Pt]. The number of aromatic nitrogens is 2. The van der Waals surface area contributed by atoms with Crippen LogP contribution in [0.5, 0.6) is 11.5 Å². The van der Waals surface area contributed by atoms with E-state index in [9.17, 15) is 0 Å². The monoisotopic (exact) mass is 991 g/mol. The van der Waals surface area contributed by atoms with E-state index in [2.05, 4.69) is 183 Å². The Bertz CT molecular complexity index is 2580. The molecule has 2 aromatic heterocycles. The standard InChI is InChI=1S/C49H42N5OSe.Pt/c1-48(2,3)35-21-24-51-47(28-35)54-43-30-40(19-20-45(43)56-46-22-23-50-31-44(46)54)55-39-16-12-15-37(29-39)52-32-53(42-18-11-10-17-41(42)52)38-26-34(33-13-8-7-9-14-33)25-36(27-38)49(4,5)6;/h7-28,31-32H,1-6H3;/q-3;. The summed E-state index contributed by atoms with van der Waals surface area (Å²) in [5.41, 5.74) is 10.9. The second-order valence-corrected chi connectivity index (χ2v) is 18.5. The first-order valence-corrected chi connectivity index (χ1v) is 20.6. The van der Waals surface area contributed by atoms with Gasteiger partial charge in [0.05, 0.1) is 0 Å². The molecular weight excluding hydrogens is 949 g/mol. The van der Waals surface area contributed by atoms with Crippen LogP contribution in [-0.2, 0) is 31.9 Å². The normalized spacial score (nSPS) is 13.4. The van der Waals surface area contributed by atoms with Gasteiger partial charge < -0.3 is 0 Å². The van der Waals surface area contributed by atoms with Crippen molar-refractivity contribution in [2.45, 2.75) is 52.4 Å². The number of hydrogen-bond donors (Lipinski definition) is 0. The van der Waals surface area contributed by atoms with Gasteiger partial charge in [-0.05, 0) is 34.2 Å². The fourth-order valence-corrected chi connectivity index (χ4v) is 9.19. The number of rotatable bonds is 6. The minimum absolute atomic E-state index is 0. The third kappa shape index (κ3) is 7.65. The van der Waals surface area contributed by atoms with Crippen molar-refractivity contribution in [3.05, 3.63) is 170 Å². The molecule has 0 bridgehead atoms. The van der Waals surface area contributed by atoms with Crippen molar-refractivity contribution in [3.8, 4) is 22.6 Å². The summed E-state index contributed by atoms with van der Waals surface area (Å²) in [6.07, 6.45) is 5.69. The van der Waals surface area contributed by atoms with Gasteiger partial charge in [-0.25, -0.2) is 0 Å². The van der Waals surface area contributed by atoms with E-state index in [4.69, 9.17) is 9.72 Å². The number of hydrogen-bond acceptors (Lipinski definition) is 6. The van der Waals surface area contributed by atoms with Crippen LogP contribution in [0.25, 0.3) is 11.1 Å². The molecule has 0 atom stereocenters. The van der Waals surface area contributed by atoms with Gasteiger partial charge in [0.2, 0.25) is 0 Å². The van der Waals surface area contributed by atoms with E-state index in [1.54, 1.807) is 0 Å². The van der Waals surface area contributed by atoms with Crippen LogP contribution >= 0.6 is 0 Å². The summed E-state index contributed by atoms with van der Waals surface area (Å²) in [5, 5.41) is 0. The maximum absolute atomic E-state index is 6.59. The average molecular weight is 991 g/mol. The van der Waals surface area contributed by atoms with Gasteiger partial charge >= 0.3 is 241 Å². The summed E-state index contributed by atoms with van der Waals surface area (Å²) in [6.45, 7) is 15.6. The third-order valence-corrected chi connectivity index (χ3v) is 12.5. The topological polar surface area (TPSA) is 44.7 Å². The van der Waals surface area contributed by atoms with E-state index >= 15 is 0 Å². The molecule has 0 amide bonds. The maximum atomic E-state index is 6.59. The van der Waals surface area contributed by atoms with Crippen molar-refractivity contribution in [2.75, 3.05) is 14.7 Å². The second kappa shape index (κ2) is 15.3. The van der Waals surface area contributed by atoms with Gasteiger partial charge in [-0.2, -0.15) is 0 Å². The Morgan fingerprint density at radius 2 is 1.35 bits per heavy atom. The zero-order valence-electron chi connectivity index (χ0n) is 32.7. The van der Waals surface area contributed by atoms with Gasteiger partial charge in [0.15, 0.2) is 0 Å². The van der Waals surface area contributed by atoms with Gasteiger partial charge in [-0.1, -0.05) is 63.2 Å². The molecule has 6 nitrogen and oxygen atoms in total. The van der Waals surface area contributed by atoms with Gasteiger partial charge in [0.1, 0.15) is 0 Å². The van der Waals surface area contributed by atoms with E-state index in [1.165, 1.54) is 31.2 Å². The Kier molecular flexibility index (Phi) is 10.4. The molecule has 2 aliphatic rings. The van der Waals surface area contributed by atoms with Crippen LogP contribution in [0.2, 0.25) is 0 Å². The van der Waals surface area contributed by atoms with E-state index in [-0.39, 0.29) is 46.9 Å². The number of anilines is 7. The summed E-state index contributed by atoms with van der Waals surface area (Å²) in [6, 6.07) is 49.8. The van der Waals surface area contributed by atoms with Crippen LogP contribution in [0.1, 0.15) is 52.7 Å². The van der Waals surface area contributed by atoms with E-state index in [0.717, 1.165) is 39.9 Å². The largest absolute Gasteiger partial charge is 0.0371 e. The molecule has 288 valence electrons. The molecule has 0 spiro atoms. The predicted molar refractivity (Wildman–Crippen MR) is 230 cm³/mol. The van der Waals surface area contributed by atoms with Crippen molar-refractivity contribution >= 4 is 63.8 Å². The van der Waals surface area contributed by atoms with Crippen molar-refractivity contribution in [3.63, 3.8) is 0 Å².